The van der Waals surface area contributed by atoms with Crippen molar-refractivity contribution in [3.63, 3.8) is 0 Å². The van der Waals surface area contributed by atoms with Gasteiger partial charge in [0.1, 0.15) is 34.5 Å². The average molecular weight is 967 g/mol. The van der Waals surface area contributed by atoms with Crippen LogP contribution in [0.1, 0.15) is 43.4 Å². The lowest BCUT2D eigenvalue weighted by Crippen LogP contribution is -2.58. The minimum absolute atomic E-state index is 0.0620. The molecule has 4 aliphatic rings. The topological polar surface area (TPSA) is 179 Å². The Morgan fingerprint density at radius 1 is 0.857 bits per heavy atom. The van der Waals surface area contributed by atoms with Gasteiger partial charge in [-0.1, -0.05) is 24.3 Å². The molecule has 4 fully saturated rings. The first kappa shape index (κ1) is 46.8. The van der Waals surface area contributed by atoms with Crippen LogP contribution < -0.4 is 30.3 Å². The molecule has 2 atom stereocenters. The number of β-amino-alcohol motifs (C(OH)–C–C–N with tert-alkyl or cyclic N) is 1. The van der Waals surface area contributed by atoms with Crippen molar-refractivity contribution in [2.75, 3.05) is 61.9 Å². The van der Waals surface area contributed by atoms with Gasteiger partial charge >= 0.3 is 0 Å². The number of methoxy groups -OCH3 is 1. The molecule has 0 bridgehead atoms. The van der Waals surface area contributed by atoms with Crippen LogP contribution in [0.5, 0.6) is 17.2 Å². The molecule has 1 saturated carbocycles. The number of aliphatic hydroxyl groups excluding tert-OH is 1. The predicted molar refractivity (Wildman–Crippen MR) is 265 cm³/mol. The summed E-state index contributed by atoms with van der Waals surface area (Å²) in [6.45, 7) is 6.34. The van der Waals surface area contributed by atoms with Gasteiger partial charge < -0.3 is 45.2 Å². The lowest BCUT2D eigenvalue weighted by atomic mass is 9.91. The fourth-order valence-electron chi connectivity index (χ4n) is 9.88. The minimum Gasteiger partial charge on any atom is -0.495 e. The van der Waals surface area contributed by atoms with Crippen molar-refractivity contribution in [3.8, 4) is 27.7 Å². The van der Waals surface area contributed by atoms with E-state index >= 15 is 0 Å². The number of hydrogen-bond acceptors (Lipinski definition) is 12. The van der Waals surface area contributed by atoms with Crippen LogP contribution >= 0.6 is 11.3 Å². The number of hydrogen-bond donors (Lipinski definition) is 4. The number of halogens is 1. The lowest BCUT2D eigenvalue weighted by Gasteiger charge is -2.44. The highest BCUT2D eigenvalue weighted by Gasteiger charge is 2.56. The Morgan fingerprint density at radius 3 is 2.19 bits per heavy atom. The number of carbonyl (C=O) groups excluding carboxylic acids is 4. The Balaban J connectivity index is 0.690. The zero-order chi connectivity index (χ0) is 48.5. The third kappa shape index (κ3) is 9.91. The van der Waals surface area contributed by atoms with Crippen molar-refractivity contribution >= 4 is 62.9 Å². The number of fused-ring (bicyclic) bond motifs is 1. The molecule has 2 aromatic heterocycles. The number of aliphatic hydroxyl groups is 1. The normalized spacial score (nSPS) is 19.1. The first-order valence-electron chi connectivity index (χ1n) is 23.8. The Labute approximate surface area is 409 Å². The Hall–Kier alpha value is -6.95. The number of anilines is 3. The van der Waals surface area contributed by atoms with Crippen molar-refractivity contribution in [1.29, 1.82) is 0 Å². The zero-order valence-electron chi connectivity index (χ0n) is 39.0. The van der Waals surface area contributed by atoms with Gasteiger partial charge in [0.05, 0.1) is 46.4 Å². The number of aryl methyl sites for hydroxylation is 1. The van der Waals surface area contributed by atoms with Gasteiger partial charge in [-0.05, 0) is 116 Å². The molecule has 3 aliphatic heterocycles. The summed E-state index contributed by atoms with van der Waals surface area (Å²) in [5, 5.41) is 19.9. The van der Waals surface area contributed by atoms with Gasteiger partial charge in [-0.15, -0.1) is 11.3 Å². The summed E-state index contributed by atoms with van der Waals surface area (Å²) >= 11 is 1.60. The highest BCUT2D eigenvalue weighted by atomic mass is 32.1. The second kappa shape index (κ2) is 19.8. The fourth-order valence-corrected chi connectivity index (χ4v) is 10.7. The summed E-state index contributed by atoms with van der Waals surface area (Å²) in [6, 6.07) is 25.5. The van der Waals surface area contributed by atoms with Crippen molar-refractivity contribution in [2.45, 2.75) is 57.7 Å². The van der Waals surface area contributed by atoms with Crippen LogP contribution in [-0.4, -0.2) is 107 Å². The van der Waals surface area contributed by atoms with E-state index in [0.29, 0.717) is 67.0 Å². The molecule has 10 rings (SSSR count). The van der Waals surface area contributed by atoms with E-state index in [1.54, 1.807) is 59.9 Å². The van der Waals surface area contributed by atoms with E-state index in [1.165, 1.54) is 24.3 Å². The van der Waals surface area contributed by atoms with E-state index in [2.05, 4.69) is 35.7 Å². The molecule has 1 aliphatic carbocycles. The number of amides is 4. The molecule has 5 heterocycles. The Morgan fingerprint density at radius 2 is 1.54 bits per heavy atom. The number of ether oxygens (including phenoxy) is 2. The van der Waals surface area contributed by atoms with E-state index in [0.717, 1.165) is 70.8 Å². The number of nitrogens with one attached hydrogen (secondary N) is 3. The van der Waals surface area contributed by atoms with Crippen LogP contribution in [0.4, 0.5) is 21.5 Å². The summed E-state index contributed by atoms with van der Waals surface area (Å²) in [5.41, 5.74) is 6.34. The monoisotopic (exact) mass is 966 g/mol. The lowest BCUT2D eigenvalue weighted by molar-refractivity contribution is -0.146. The first-order chi connectivity index (χ1) is 33.9. The van der Waals surface area contributed by atoms with Crippen LogP contribution in [0.2, 0.25) is 0 Å². The summed E-state index contributed by atoms with van der Waals surface area (Å²) in [7, 11) is 1.66. The summed E-state index contributed by atoms with van der Waals surface area (Å²) in [5.74, 6) is 0.567. The number of benzene rings is 4. The summed E-state index contributed by atoms with van der Waals surface area (Å²) in [6.07, 6.45) is 3.99. The van der Waals surface area contributed by atoms with Crippen molar-refractivity contribution < 1.29 is 38.1 Å². The molecule has 15 nitrogen and oxygen atoms in total. The SMILES string of the molecule is COc1cc2c(Oc3ccc(NC(=O)C4(C(=O)Nc5ccc(F)cc5)CC4)cc3)ccnc2cc1N1CCC(CN2CC(C(=O)N3C[C@H](O)C[C@H]3C(=O)NCc3ccc(-c4scnc4C)cc3)C2)CC1. The predicted octanol–water partition coefficient (Wildman–Crippen LogP) is 7.39. The second-order valence-electron chi connectivity index (χ2n) is 18.9. The second-order valence-corrected chi connectivity index (χ2v) is 19.8. The highest BCUT2D eigenvalue weighted by Crippen LogP contribution is 2.48. The molecule has 3 saturated heterocycles. The molecule has 362 valence electrons. The standard InChI is InChI=1S/C53H55FN8O7S/c1-32-48(70-31-57-32)35-5-3-33(4-6-35)26-56-49(64)45-23-40(63)30-62(45)50(65)36-28-60(29-36)27-34-16-21-61(22-17-34)44-25-43-42(24-47(44)68-2)46(15-20-55-43)69-41-13-11-39(12-14-41)59-52(67)53(18-19-53)51(66)58-38-9-7-37(54)8-10-38/h3-15,20,24-25,31,34,36,40,45,63H,16-19,21-23,26-30H2,1-2H3,(H,56,64)(H,58,66)(H,59,67)/t40-,45+/m1/s1. The minimum atomic E-state index is -1.18. The van der Waals surface area contributed by atoms with Gasteiger partial charge in [0, 0.05) is 75.2 Å². The Kier molecular flexibility index (Phi) is 13.2. The highest BCUT2D eigenvalue weighted by molar-refractivity contribution is 7.13. The van der Waals surface area contributed by atoms with Gasteiger partial charge in [0.2, 0.25) is 23.6 Å². The Bertz CT molecular complexity index is 2900. The molecular formula is C53H55FN8O7S. The number of pyridine rings is 1. The van der Waals surface area contributed by atoms with E-state index < -0.39 is 35.2 Å². The van der Waals surface area contributed by atoms with Gasteiger partial charge in [-0.2, -0.15) is 0 Å². The third-order valence-electron chi connectivity index (χ3n) is 14.1. The van der Waals surface area contributed by atoms with Crippen LogP contribution in [0.15, 0.2) is 103 Å². The van der Waals surface area contributed by atoms with Gasteiger partial charge in [0.25, 0.3) is 0 Å². The largest absolute Gasteiger partial charge is 0.495 e. The quantitative estimate of drug-likeness (QED) is 0.0755. The van der Waals surface area contributed by atoms with E-state index in [4.69, 9.17) is 9.47 Å². The molecule has 4 aromatic carbocycles. The molecule has 6 aromatic rings. The number of nitrogens with zero attached hydrogens (tertiary/aromatic N) is 5. The molecule has 70 heavy (non-hydrogen) atoms. The van der Waals surface area contributed by atoms with Gasteiger partial charge in [-0.25, -0.2) is 9.37 Å². The third-order valence-corrected chi connectivity index (χ3v) is 15.1. The molecule has 4 N–H and O–H groups in total. The molecule has 17 heteroatoms. The maximum Gasteiger partial charge on any atom is 0.243 e. The summed E-state index contributed by atoms with van der Waals surface area (Å²) in [4.78, 5) is 69.7. The van der Waals surface area contributed by atoms with Gasteiger partial charge in [-0.3, -0.25) is 24.2 Å². The van der Waals surface area contributed by atoms with Gasteiger partial charge in [0.15, 0.2) is 0 Å². The van der Waals surface area contributed by atoms with E-state index in [-0.39, 0.29) is 30.7 Å². The van der Waals surface area contributed by atoms with Crippen LogP contribution in [0.25, 0.3) is 21.3 Å². The van der Waals surface area contributed by atoms with E-state index in [1.807, 2.05) is 48.8 Å². The zero-order valence-corrected chi connectivity index (χ0v) is 39.8. The smallest absolute Gasteiger partial charge is 0.243 e. The van der Waals surface area contributed by atoms with Crippen LogP contribution in [0, 0.1) is 30.0 Å². The molecular weight excluding hydrogens is 912 g/mol. The van der Waals surface area contributed by atoms with Crippen molar-refractivity contribution in [2.24, 2.45) is 17.3 Å². The van der Waals surface area contributed by atoms with Crippen molar-refractivity contribution in [3.05, 3.63) is 120 Å². The maximum absolute atomic E-state index is 13.7. The molecule has 4 amide bonds. The maximum atomic E-state index is 13.7. The van der Waals surface area contributed by atoms with Crippen LogP contribution in [0.3, 0.4) is 0 Å². The van der Waals surface area contributed by atoms with E-state index in [9.17, 15) is 28.7 Å². The fraction of sp³-hybridized carbons (Fsp3) is 0.358. The first-order valence-corrected chi connectivity index (χ1v) is 24.7. The number of aromatic nitrogens is 2. The van der Waals surface area contributed by atoms with Crippen molar-refractivity contribution in [1.82, 2.24) is 25.1 Å². The number of thiazole rings is 1. The summed E-state index contributed by atoms with van der Waals surface area (Å²) < 4.78 is 25.6. The number of carbonyl (C=O) groups is 4. The molecule has 0 spiro atoms. The number of likely N-dealkylation sites (tertiary alicyclic amines) is 2. The molecule has 0 unspecified atom stereocenters. The molecule has 0 radical (unpaired) electrons. The number of rotatable bonds is 15. The number of piperidine rings is 1. The van der Waals surface area contributed by atoms with Crippen LogP contribution in [-0.2, 0) is 25.7 Å². The average Bonchev–Trinajstić information content (AvgIpc) is 3.93.